The van der Waals surface area contributed by atoms with E-state index in [1.54, 1.807) is 18.1 Å². The number of carbonyl (C=O) groups is 4. The Balaban J connectivity index is 0.000000366. The number of hydrogen-bond acceptors (Lipinski definition) is 10. The highest BCUT2D eigenvalue weighted by atomic mass is 16.5. The van der Waals surface area contributed by atoms with E-state index in [2.05, 4.69) is 14.9 Å². The number of aromatic nitrogens is 2. The number of morpholine rings is 1. The number of nitrogens with zero attached hydrogens (tertiary/aromatic N) is 4. The van der Waals surface area contributed by atoms with Gasteiger partial charge in [-0.1, -0.05) is 25.1 Å². The summed E-state index contributed by atoms with van der Waals surface area (Å²) in [6, 6.07) is 9.58. The van der Waals surface area contributed by atoms with E-state index in [1.807, 2.05) is 37.3 Å². The average Bonchev–Trinajstić information content (AvgIpc) is 2.92. The Morgan fingerprint density at radius 1 is 1.05 bits per heavy atom. The molecular formula is C26H34N4O10. The summed E-state index contributed by atoms with van der Waals surface area (Å²) < 4.78 is 11.0. The smallest absolute Gasteiger partial charge is 0.336 e. The number of hydrogen-bond donors (Lipinski definition) is 4. The Hall–Kier alpha value is -4.30. The van der Waals surface area contributed by atoms with E-state index in [1.165, 1.54) is 0 Å². The summed E-state index contributed by atoms with van der Waals surface area (Å²) in [5.74, 6) is -3.64. The molecule has 1 aromatic carbocycles. The van der Waals surface area contributed by atoms with Gasteiger partial charge < -0.3 is 39.7 Å². The predicted octanol–water partition coefficient (Wildman–Crippen LogP) is 0.778. The number of benzene rings is 1. The number of rotatable bonds is 12. The van der Waals surface area contributed by atoms with Crippen molar-refractivity contribution in [1.29, 1.82) is 0 Å². The van der Waals surface area contributed by atoms with Gasteiger partial charge in [0.15, 0.2) is 5.60 Å². The van der Waals surface area contributed by atoms with Crippen molar-refractivity contribution in [3.8, 4) is 5.75 Å². The molecule has 1 amide bonds. The minimum Gasteiger partial charge on any atom is -0.492 e. The summed E-state index contributed by atoms with van der Waals surface area (Å²) in [4.78, 5) is 56.1. The van der Waals surface area contributed by atoms with Crippen LogP contribution in [0.5, 0.6) is 5.75 Å². The summed E-state index contributed by atoms with van der Waals surface area (Å²) >= 11 is 0. The number of carboxylic acid groups (broad SMARTS) is 3. The molecule has 3 rings (SSSR count). The van der Waals surface area contributed by atoms with Crippen LogP contribution < -0.4 is 9.64 Å². The van der Waals surface area contributed by atoms with Gasteiger partial charge in [-0.2, -0.15) is 0 Å². The predicted molar refractivity (Wildman–Crippen MR) is 140 cm³/mol. The van der Waals surface area contributed by atoms with Gasteiger partial charge in [0.1, 0.15) is 12.4 Å². The summed E-state index contributed by atoms with van der Waals surface area (Å²) in [7, 11) is 1.77. The lowest BCUT2D eigenvalue weighted by Gasteiger charge is -2.27. The summed E-state index contributed by atoms with van der Waals surface area (Å²) in [6.45, 7) is 5.81. The first-order valence-corrected chi connectivity index (χ1v) is 12.5. The first-order chi connectivity index (χ1) is 19.0. The van der Waals surface area contributed by atoms with E-state index >= 15 is 0 Å². The van der Waals surface area contributed by atoms with Gasteiger partial charge in [-0.3, -0.25) is 14.4 Å². The first kappa shape index (κ1) is 31.9. The van der Waals surface area contributed by atoms with Crippen molar-refractivity contribution in [3.05, 3.63) is 47.8 Å². The Morgan fingerprint density at radius 3 is 2.17 bits per heavy atom. The molecule has 0 spiro atoms. The molecule has 0 atom stereocenters. The molecule has 218 valence electrons. The minimum absolute atomic E-state index is 0.0861. The Labute approximate surface area is 230 Å². The Bertz CT molecular complexity index is 1140. The molecule has 1 saturated heterocycles. The molecule has 1 aromatic heterocycles. The number of aliphatic hydroxyl groups is 1. The number of likely N-dealkylation sites (N-methyl/N-ethyl adjacent to an activating group) is 1. The normalized spacial score (nSPS) is 13.0. The molecule has 0 saturated carbocycles. The van der Waals surface area contributed by atoms with Gasteiger partial charge in [0, 0.05) is 26.3 Å². The monoisotopic (exact) mass is 562 g/mol. The highest BCUT2D eigenvalue weighted by Crippen LogP contribution is 2.17. The molecule has 40 heavy (non-hydrogen) atoms. The van der Waals surface area contributed by atoms with Gasteiger partial charge in [0.25, 0.3) is 5.91 Å². The number of carbonyl (C=O) groups excluding carboxylic acids is 1. The maximum absolute atomic E-state index is 12.8. The number of carboxylic acids is 3. The summed E-state index contributed by atoms with van der Waals surface area (Å²) in [6.07, 6.45) is 0.0338. The molecule has 14 heteroatoms. The van der Waals surface area contributed by atoms with Crippen molar-refractivity contribution >= 4 is 29.8 Å². The number of aryl methyl sites for hydroxylation is 1. The average molecular weight is 563 g/mol. The highest BCUT2D eigenvalue weighted by molar-refractivity contribution is 5.95. The lowest BCUT2D eigenvalue weighted by molar-refractivity contribution is -0.170. The van der Waals surface area contributed by atoms with E-state index in [0.717, 1.165) is 24.5 Å². The van der Waals surface area contributed by atoms with Gasteiger partial charge in [-0.25, -0.2) is 14.8 Å². The first-order valence-electron chi connectivity index (χ1n) is 12.5. The quantitative estimate of drug-likeness (QED) is 0.283. The highest BCUT2D eigenvalue weighted by Gasteiger charge is 2.40. The van der Waals surface area contributed by atoms with Gasteiger partial charge in [0.05, 0.1) is 43.9 Å². The molecule has 1 fully saturated rings. The van der Waals surface area contributed by atoms with Crippen LogP contribution in [0.4, 0.5) is 5.95 Å². The maximum Gasteiger partial charge on any atom is 0.336 e. The van der Waals surface area contributed by atoms with Crippen LogP contribution >= 0.6 is 0 Å². The molecule has 0 unspecified atom stereocenters. The fourth-order valence-corrected chi connectivity index (χ4v) is 3.61. The largest absolute Gasteiger partial charge is 0.492 e. The van der Waals surface area contributed by atoms with Crippen molar-refractivity contribution in [2.75, 3.05) is 51.4 Å². The van der Waals surface area contributed by atoms with E-state index < -0.39 is 36.4 Å². The molecule has 4 N–H and O–H groups in total. The third-order valence-electron chi connectivity index (χ3n) is 5.78. The molecule has 0 radical (unpaired) electrons. The Kier molecular flexibility index (Phi) is 12.2. The van der Waals surface area contributed by atoms with Gasteiger partial charge in [-0.05, 0) is 18.6 Å². The van der Waals surface area contributed by atoms with Gasteiger partial charge >= 0.3 is 17.9 Å². The topological polar surface area (TPSA) is 200 Å². The fourth-order valence-electron chi connectivity index (χ4n) is 3.61. The molecular weight excluding hydrogens is 528 g/mol. The van der Waals surface area contributed by atoms with Crippen LogP contribution in [0.2, 0.25) is 0 Å². The van der Waals surface area contributed by atoms with Crippen LogP contribution in [-0.2, 0) is 25.5 Å². The van der Waals surface area contributed by atoms with E-state index in [0.29, 0.717) is 44.3 Å². The second kappa shape index (κ2) is 15.3. The zero-order valence-electron chi connectivity index (χ0n) is 22.4. The number of amides is 1. The van der Waals surface area contributed by atoms with Crippen molar-refractivity contribution in [3.63, 3.8) is 0 Å². The van der Waals surface area contributed by atoms with Crippen LogP contribution in [0.15, 0.2) is 36.5 Å². The second-order valence-corrected chi connectivity index (χ2v) is 8.85. The fraction of sp³-hybridized carbons (Fsp3) is 0.462. The van der Waals surface area contributed by atoms with Crippen molar-refractivity contribution in [2.24, 2.45) is 0 Å². The standard InChI is InChI=1S/C20H26N4O3.C6H8O7/c1-3-18-17(15-21-20(22-18)24-10-12-26-13-11-24)19(25)23(2)9-14-27-16-7-5-4-6-8-16;7-3(8)1-6(13,5(11)12)2-4(9)10/h4-8,15H,3,9-14H2,1-2H3;13H,1-2H2,(H,7,8)(H,9,10)(H,11,12). The third-order valence-corrected chi connectivity index (χ3v) is 5.78. The van der Waals surface area contributed by atoms with E-state index in [-0.39, 0.29) is 5.91 Å². The molecule has 1 aliphatic rings. The minimum atomic E-state index is -2.74. The van der Waals surface area contributed by atoms with E-state index in [9.17, 15) is 19.2 Å². The number of anilines is 1. The second-order valence-electron chi connectivity index (χ2n) is 8.85. The SMILES string of the molecule is CCc1nc(N2CCOCC2)ncc1C(=O)N(C)CCOc1ccccc1.O=C(O)CC(O)(CC(=O)O)C(=O)O. The maximum atomic E-state index is 12.8. The molecule has 2 aromatic rings. The lowest BCUT2D eigenvalue weighted by Crippen LogP contribution is -2.42. The number of para-hydroxylation sites is 1. The molecule has 1 aliphatic heterocycles. The lowest BCUT2D eigenvalue weighted by atomic mass is 9.96. The van der Waals surface area contributed by atoms with E-state index in [4.69, 9.17) is 29.9 Å². The number of ether oxygens (including phenoxy) is 2. The van der Waals surface area contributed by atoms with Gasteiger partial charge in [0.2, 0.25) is 5.95 Å². The molecule has 0 bridgehead atoms. The zero-order chi connectivity index (χ0) is 29.7. The van der Waals surface area contributed by atoms with Crippen LogP contribution in [-0.4, -0.2) is 111 Å². The van der Waals surface area contributed by atoms with Crippen LogP contribution in [0.1, 0.15) is 35.8 Å². The molecule has 14 nitrogen and oxygen atoms in total. The zero-order valence-corrected chi connectivity index (χ0v) is 22.4. The van der Waals surface area contributed by atoms with Crippen LogP contribution in [0.25, 0.3) is 0 Å². The van der Waals surface area contributed by atoms with Crippen molar-refractivity contribution in [2.45, 2.75) is 31.8 Å². The third kappa shape index (κ3) is 9.78. The summed E-state index contributed by atoms with van der Waals surface area (Å²) in [5.41, 5.74) is -1.42. The molecule has 0 aliphatic carbocycles. The van der Waals surface area contributed by atoms with Crippen molar-refractivity contribution < 1.29 is 49.1 Å². The van der Waals surface area contributed by atoms with Crippen LogP contribution in [0.3, 0.4) is 0 Å². The molecule has 2 heterocycles. The summed E-state index contributed by atoms with van der Waals surface area (Å²) in [5, 5.41) is 33.8. The van der Waals surface area contributed by atoms with Crippen LogP contribution in [0, 0.1) is 0 Å². The Morgan fingerprint density at radius 2 is 1.65 bits per heavy atom. The van der Waals surface area contributed by atoms with Gasteiger partial charge in [-0.15, -0.1) is 0 Å². The van der Waals surface area contributed by atoms with Crippen molar-refractivity contribution in [1.82, 2.24) is 14.9 Å². The number of aliphatic carboxylic acids is 3.